The minimum atomic E-state index is 0.0580. The molecule has 0 aliphatic rings. The van der Waals surface area contributed by atoms with Crippen LogP contribution < -0.4 is 0 Å². The predicted octanol–water partition coefficient (Wildman–Crippen LogP) is 2.58. The lowest BCUT2D eigenvalue weighted by atomic mass is 11.8. The zero-order chi connectivity index (χ0) is 4.28. The SMILES string of the molecule is O=C(I)SBr. The van der Waals surface area contributed by atoms with Crippen LogP contribution in [0.3, 0.4) is 0 Å². The van der Waals surface area contributed by atoms with Gasteiger partial charge in [-0.15, -0.1) is 0 Å². The predicted molar refractivity (Wildman–Crippen MR) is 35.9 cm³/mol. The van der Waals surface area contributed by atoms with E-state index in [4.69, 9.17) is 0 Å². The van der Waals surface area contributed by atoms with Crippen molar-refractivity contribution in [2.24, 2.45) is 0 Å². The summed E-state index contributed by atoms with van der Waals surface area (Å²) in [6.07, 6.45) is 0. The molecule has 0 radical (unpaired) electrons. The molecule has 0 aromatic rings. The van der Waals surface area contributed by atoms with Crippen molar-refractivity contribution >= 4 is 50.7 Å². The zero-order valence-corrected chi connectivity index (χ0v) is 6.63. The Labute approximate surface area is 55.2 Å². The van der Waals surface area contributed by atoms with Crippen molar-refractivity contribution < 1.29 is 4.79 Å². The number of carbonyl (C=O) groups is 1. The van der Waals surface area contributed by atoms with Gasteiger partial charge >= 0.3 is 0 Å². The van der Waals surface area contributed by atoms with E-state index in [9.17, 15) is 4.79 Å². The summed E-state index contributed by atoms with van der Waals surface area (Å²) < 4.78 is 0.0580. The van der Waals surface area contributed by atoms with E-state index < -0.39 is 0 Å². The van der Waals surface area contributed by atoms with Crippen molar-refractivity contribution in [3.8, 4) is 0 Å². The van der Waals surface area contributed by atoms with E-state index in [1.54, 1.807) is 22.6 Å². The van der Waals surface area contributed by atoms with Crippen LogP contribution in [-0.2, 0) is 0 Å². The van der Waals surface area contributed by atoms with Crippen LogP contribution in [0.1, 0.15) is 0 Å². The molecule has 0 atom stereocenters. The maximum Gasteiger partial charge on any atom is 0.259 e. The quantitative estimate of drug-likeness (QED) is 0.495. The first-order valence-corrected chi connectivity index (χ1v) is 4.49. The molecule has 0 aliphatic carbocycles. The first-order valence-electron chi connectivity index (χ1n) is 0.752. The molecule has 0 N–H and O–H groups in total. The maximum absolute atomic E-state index is 9.72. The smallest absolute Gasteiger partial charge is 0.259 e. The Balaban J connectivity index is 2.85. The van der Waals surface area contributed by atoms with Gasteiger partial charge in [0.1, 0.15) is 0 Å². The van der Waals surface area contributed by atoms with Crippen molar-refractivity contribution in [2.45, 2.75) is 0 Å². The van der Waals surface area contributed by atoms with Crippen molar-refractivity contribution in [3.63, 3.8) is 0 Å². The van der Waals surface area contributed by atoms with Crippen molar-refractivity contribution in [2.75, 3.05) is 0 Å². The lowest BCUT2D eigenvalue weighted by Crippen LogP contribution is -1.52. The Bertz CT molecular complexity index is 46.9. The van der Waals surface area contributed by atoms with Crippen LogP contribution in [0.5, 0.6) is 0 Å². The number of halogens is 2. The fourth-order valence-electron chi connectivity index (χ4n) is 0. The van der Waals surface area contributed by atoms with Crippen LogP contribution in [0, 0.1) is 0 Å². The lowest BCUT2D eigenvalue weighted by molar-refractivity contribution is 0.278. The third kappa shape index (κ3) is 5.23. The Hall–Kier alpha value is 1.23. The number of hydrogen-bond donors (Lipinski definition) is 0. The normalized spacial score (nSPS) is 7.60. The van der Waals surface area contributed by atoms with Gasteiger partial charge in [-0.05, 0) is 14.8 Å². The van der Waals surface area contributed by atoms with E-state index in [0.717, 1.165) is 10.2 Å². The minimum Gasteiger partial charge on any atom is -0.274 e. The van der Waals surface area contributed by atoms with Crippen molar-refractivity contribution in [1.82, 2.24) is 0 Å². The molecule has 1 nitrogen and oxygen atoms in total. The summed E-state index contributed by atoms with van der Waals surface area (Å²) in [7, 11) is 1.04. The molecule has 4 heteroatoms. The molecule has 0 saturated carbocycles. The van der Waals surface area contributed by atoms with Crippen molar-refractivity contribution in [3.05, 3.63) is 0 Å². The first-order chi connectivity index (χ1) is 2.27. The second-order valence-corrected chi connectivity index (χ2v) is 3.52. The molecule has 0 aromatic carbocycles. The molecule has 0 aliphatic heterocycles. The molecular weight excluding hydrogens is 267 g/mol. The summed E-state index contributed by atoms with van der Waals surface area (Å²) in [5.74, 6) is 0. The van der Waals surface area contributed by atoms with Gasteiger partial charge < -0.3 is 0 Å². The molecule has 0 heterocycles. The summed E-state index contributed by atoms with van der Waals surface area (Å²) in [4.78, 5) is 9.72. The molecule has 30 valence electrons. The third-order valence-corrected chi connectivity index (χ3v) is 3.54. The van der Waals surface area contributed by atoms with E-state index in [0.29, 0.717) is 0 Å². The highest BCUT2D eigenvalue weighted by Gasteiger charge is 1.83. The fraction of sp³-hybridized carbons (Fsp3) is 0. The third-order valence-electron chi connectivity index (χ3n) is 0.0607. The monoisotopic (exact) mass is 266 g/mol. The second kappa shape index (κ2) is 3.42. The van der Waals surface area contributed by atoms with Gasteiger partial charge in [0.05, 0.1) is 0 Å². The number of hydrogen-bond acceptors (Lipinski definition) is 2. The van der Waals surface area contributed by atoms with E-state index in [1.807, 2.05) is 0 Å². The highest BCUT2D eigenvalue weighted by Crippen LogP contribution is 2.16. The van der Waals surface area contributed by atoms with Crippen LogP contribution >= 0.6 is 47.6 Å². The summed E-state index contributed by atoms with van der Waals surface area (Å²) in [6.45, 7) is 0. The molecular formula is CBrIOS. The van der Waals surface area contributed by atoms with Gasteiger partial charge in [0, 0.05) is 32.8 Å². The van der Waals surface area contributed by atoms with E-state index >= 15 is 0 Å². The Kier molecular flexibility index (Phi) is 4.26. The molecule has 0 rings (SSSR count). The molecule has 0 unspecified atom stereocenters. The highest BCUT2D eigenvalue weighted by atomic mass is 127. The van der Waals surface area contributed by atoms with E-state index in [1.165, 1.54) is 0 Å². The maximum atomic E-state index is 9.72. The largest absolute Gasteiger partial charge is 0.274 e. The topological polar surface area (TPSA) is 17.1 Å². The Morgan fingerprint density at radius 1 is 2.00 bits per heavy atom. The molecule has 0 bridgehead atoms. The summed E-state index contributed by atoms with van der Waals surface area (Å²) in [5.41, 5.74) is 0. The highest BCUT2D eigenvalue weighted by molar-refractivity contribution is 14.1. The average Bonchev–Trinajstić information content (AvgIpc) is 1.38. The van der Waals surface area contributed by atoms with E-state index in [-0.39, 0.29) is 3.12 Å². The van der Waals surface area contributed by atoms with E-state index in [2.05, 4.69) is 14.8 Å². The summed E-state index contributed by atoms with van der Waals surface area (Å²) in [6, 6.07) is 0. The molecule has 0 spiro atoms. The first kappa shape index (κ1) is 6.23. The van der Waals surface area contributed by atoms with Crippen LogP contribution in [0.4, 0.5) is 4.79 Å². The minimum absolute atomic E-state index is 0.0580. The molecule has 0 amide bonds. The Morgan fingerprint density at radius 2 is 2.20 bits per heavy atom. The van der Waals surface area contributed by atoms with Gasteiger partial charge in [-0.3, -0.25) is 4.79 Å². The molecule has 0 saturated heterocycles. The van der Waals surface area contributed by atoms with Gasteiger partial charge in [-0.1, -0.05) is 0 Å². The van der Waals surface area contributed by atoms with Crippen LogP contribution in [0.15, 0.2) is 0 Å². The molecule has 5 heavy (non-hydrogen) atoms. The lowest BCUT2D eigenvalue weighted by Gasteiger charge is -1.65. The van der Waals surface area contributed by atoms with Crippen molar-refractivity contribution in [1.29, 1.82) is 0 Å². The van der Waals surface area contributed by atoms with Gasteiger partial charge in [-0.2, -0.15) is 0 Å². The Morgan fingerprint density at radius 3 is 2.20 bits per heavy atom. The molecule has 0 fully saturated rings. The fourth-order valence-corrected chi connectivity index (χ4v) is 0. The van der Waals surface area contributed by atoms with Gasteiger partial charge in [-0.25, -0.2) is 0 Å². The summed E-state index contributed by atoms with van der Waals surface area (Å²) in [5, 5.41) is 0. The van der Waals surface area contributed by atoms with Gasteiger partial charge in [0.2, 0.25) is 0 Å². The molecule has 0 aromatic heterocycles. The number of carbonyl (C=O) groups excluding carboxylic acids is 1. The number of rotatable bonds is 0. The average molecular weight is 267 g/mol. The summed E-state index contributed by atoms with van der Waals surface area (Å²) >= 11 is 4.56. The van der Waals surface area contributed by atoms with Gasteiger partial charge in [0.15, 0.2) is 0 Å². The van der Waals surface area contributed by atoms with Crippen LogP contribution in [0.25, 0.3) is 0 Å². The second-order valence-electron chi connectivity index (χ2n) is 0.315. The standard InChI is InChI=1S/CBrIOS/c2-5-1(3)4. The van der Waals surface area contributed by atoms with Crippen LogP contribution in [0.2, 0.25) is 0 Å². The zero-order valence-electron chi connectivity index (χ0n) is 2.07. The van der Waals surface area contributed by atoms with Crippen LogP contribution in [-0.4, -0.2) is 3.12 Å². The van der Waals surface area contributed by atoms with Gasteiger partial charge in [0.25, 0.3) is 3.12 Å².